The van der Waals surface area contributed by atoms with Gasteiger partial charge in [-0.1, -0.05) is 33.6 Å². The molecule has 0 spiro atoms. The van der Waals surface area contributed by atoms with Crippen LogP contribution in [-0.2, 0) is 4.79 Å². The number of nitrogens with zero attached hydrogens (tertiary/aromatic N) is 1. The Kier molecular flexibility index (Phi) is 6.05. The molecule has 0 aliphatic rings. The number of anilines is 1. The highest BCUT2D eigenvalue weighted by atomic mass is 79.9. The zero-order valence-electron chi connectivity index (χ0n) is 12.4. The van der Waals surface area contributed by atoms with Crippen molar-refractivity contribution in [1.82, 2.24) is 0 Å². The van der Waals surface area contributed by atoms with Crippen LogP contribution in [0, 0.1) is 18.3 Å². The minimum absolute atomic E-state index is 0.0582. The van der Waals surface area contributed by atoms with Gasteiger partial charge in [0, 0.05) is 20.7 Å². The van der Waals surface area contributed by atoms with Gasteiger partial charge < -0.3 is 10.4 Å². The third kappa shape index (κ3) is 4.38. The molecule has 0 aliphatic heterocycles. The number of aromatic hydroxyl groups is 1. The molecule has 2 rings (SSSR count). The van der Waals surface area contributed by atoms with E-state index in [2.05, 4.69) is 37.2 Å². The molecule has 4 nitrogen and oxygen atoms in total. The summed E-state index contributed by atoms with van der Waals surface area (Å²) in [4.78, 5) is 12.3. The van der Waals surface area contributed by atoms with Crippen LogP contribution in [0.3, 0.4) is 0 Å². The maximum Gasteiger partial charge on any atom is 0.266 e. The smallest absolute Gasteiger partial charge is 0.266 e. The molecule has 0 radical (unpaired) electrons. The van der Waals surface area contributed by atoms with Crippen molar-refractivity contribution in [1.29, 1.82) is 5.26 Å². The van der Waals surface area contributed by atoms with E-state index in [0.29, 0.717) is 25.2 Å². The number of hydrogen-bond donors (Lipinski definition) is 2. The molecule has 0 fully saturated rings. The second kappa shape index (κ2) is 7.84. The van der Waals surface area contributed by atoms with E-state index in [0.717, 1.165) is 5.56 Å². The summed E-state index contributed by atoms with van der Waals surface area (Å²) in [6, 6.07) is 10.2. The van der Waals surface area contributed by atoms with Gasteiger partial charge in [0.25, 0.3) is 5.91 Å². The van der Waals surface area contributed by atoms with Gasteiger partial charge in [0.05, 0.1) is 4.47 Å². The fraction of sp³-hybridized carbons (Fsp3) is 0.0588. The number of benzene rings is 2. The third-order valence-electron chi connectivity index (χ3n) is 3.15. The van der Waals surface area contributed by atoms with E-state index in [9.17, 15) is 15.2 Å². The molecule has 2 aromatic carbocycles. The normalized spacial score (nSPS) is 11.0. The maximum absolute atomic E-state index is 12.3. The number of aryl methyl sites for hydroxylation is 1. The monoisotopic (exact) mass is 468 g/mol. The lowest BCUT2D eigenvalue weighted by molar-refractivity contribution is -0.112. The highest BCUT2D eigenvalue weighted by Crippen LogP contribution is 2.33. The van der Waals surface area contributed by atoms with Gasteiger partial charge in [0.2, 0.25) is 0 Å². The average molecular weight is 471 g/mol. The molecule has 0 heterocycles. The Morgan fingerprint density at radius 1 is 1.33 bits per heavy atom. The van der Waals surface area contributed by atoms with Crippen LogP contribution in [-0.4, -0.2) is 11.0 Å². The summed E-state index contributed by atoms with van der Waals surface area (Å²) < 4.78 is 1.15. The highest BCUT2D eigenvalue weighted by Gasteiger charge is 2.13. The van der Waals surface area contributed by atoms with E-state index in [1.165, 1.54) is 6.08 Å². The van der Waals surface area contributed by atoms with Crippen LogP contribution in [0.15, 0.2) is 44.9 Å². The van der Waals surface area contributed by atoms with Crippen molar-refractivity contribution in [2.75, 3.05) is 5.32 Å². The van der Waals surface area contributed by atoms with Gasteiger partial charge in [-0.2, -0.15) is 5.26 Å². The summed E-state index contributed by atoms with van der Waals surface area (Å²) in [6.45, 7) is 1.85. The van der Waals surface area contributed by atoms with Gasteiger partial charge in [-0.05, 0) is 58.8 Å². The van der Waals surface area contributed by atoms with Gasteiger partial charge >= 0.3 is 0 Å². The molecule has 24 heavy (non-hydrogen) atoms. The van der Waals surface area contributed by atoms with Crippen molar-refractivity contribution in [3.63, 3.8) is 0 Å². The predicted molar refractivity (Wildman–Crippen MR) is 102 cm³/mol. The fourth-order valence-electron chi connectivity index (χ4n) is 1.87. The van der Waals surface area contributed by atoms with E-state index in [1.807, 2.05) is 13.0 Å². The first-order chi connectivity index (χ1) is 11.3. The summed E-state index contributed by atoms with van der Waals surface area (Å²) in [7, 11) is 0. The SMILES string of the molecule is Cc1ccc(NC(=O)/C(C#N)=C/c2cc(Br)cc(Br)c2O)cc1Cl. The molecule has 0 aromatic heterocycles. The van der Waals surface area contributed by atoms with Gasteiger partial charge in [-0.3, -0.25) is 4.79 Å². The van der Waals surface area contributed by atoms with Crippen molar-refractivity contribution in [3.05, 3.63) is 61.0 Å². The molecule has 0 saturated carbocycles. The van der Waals surface area contributed by atoms with E-state index in [4.69, 9.17) is 11.6 Å². The average Bonchev–Trinajstić information content (AvgIpc) is 2.52. The Morgan fingerprint density at radius 2 is 2.04 bits per heavy atom. The molecule has 0 atom stereocenters. The molecule has 2 aromatic rings. The lowest BCUT2D eigenvalue weighted by atomic mass is 10.1. The second-order valence-corrected chi connectivity index (χ2v) is 7.09. The van der Waals surface area contributed by atoms with Crippen molar-refractivity contribution in [3.8, 4) is 11.8 Å². The summed E-state index contributed by atoms with van der Waals surface area (Å²) in [5.41, 5.74) is 1.56. The predicted octanol–water partition coefficient (Wildman–Crippen LogP) is 5.42. The number of carbonyl (C=O) groups is 1. The number of halogens is 3. The van der Waals surface area contributed by atoms with Crippen LogP contribution >= 0.6 is 43.5 Å². The molecular weight excluding hydrogens is 459 g/mol. The number of hydrogen-bond acceptors (Lipinski definition) is 3. The van der Waals surface area contributed by atoms with E-state index < -0.39 is 5.91 Å². The Balaban J connectivity index is 2.32. The summed E-state index contributed by atoms with van der Waals surface area (Å²) in [5, 5.41) is 22.4. The van der Waals surface area contributed by atoms with Gasteiger partial charge in [0.15, 0.2) is 0 Å². The lowest BCUT2D eigenvalue weighted by Crippen LogP contribution is -2.13. The largest absolute Gasteiger partial charge is 0.506 e. The van der Waals surface area contributed by atoms with Gasteiger partial charge in [-0.15, -0.1) is 0 Å². The minimum atomic E-state index is -0.590. The van der Waals surface area contributed by atoms with Crippen molar-refractivity contribution in [2.45, 2.75) is 6.92 Å². The first-order valence-electron chi connectivity index (χ1n) is 6.69. The first kappa shape index (κ1) is 18.5. The number of carbonyl (C=O) groups excluding carboxylic acids is 1. The molecule has 7 heteroatoms. The molecule has 122 valence electrons. The fourth-order valence-corrected chi connectivity index (χ4v) is 3.31. The van der Waals surface area contributed by atoms with Gasteiger partial charge in [-0.25, -0.2) is 0 Å². The topological polar surface area (TPSA) is 73.1 Å². The quantitative estimate of drug-likeness (QED) is 0.464. The highest BCUT2D eigenvalue weighted by molar-refractivity contribution is 9.11. The minimum Gasteiger partial charge on any atom is -0.506 e. The molecule has 0 saturated heterocycles. The second-order valence-electron chi connectivity index (χ2n) is 4.91. The number of nitrogens with one attached hydrogen (secondary N) is 1. The summed E-state index contributed by atoms with van der Waals surface area (Å²) in [6.07, 6.45) is 1.32. The van der Waals surface area contributed by atoms with Crippen molar-refractivity contribution in [2.24, 2.45) is 0 Å². The van der Waals surface area contributed by atoms with Crippen molar-refractivity contribution < 1.29 is 9.90 Å². The zero-order chi connectivity index (χ0) is 17.9. The van der Waals surface area contributed by atoms with Gasteiger partial charge in [0.1, 0.15) is 17.4 Å². The molecule has 0 bridgehead atoms. The number of phenolic OH excluding ortho intramolecular Hbond substituents is 1. The lowest BCUT2D eigenvalue weighted by Gasteiger charge is -2.07. The van der Waals surface area contributed by atoms with Crippen LogP contribution in [0.4, 0.5) is 5.69 Å². The third-order valence-corrected chi connectivity index (χ3v) is 4.62. The molecule has 0 aliphatic carbocycles. The zero-order valence-corrected chi connectivity index (χ0v) is 16.3. The number of phenols is 1. The first-order valence-corrected chi connectivity index (χ1v) is 8.65. The van der Waals surface area contributed by atoms with Crippen LogP contribution in [0.25, 0.3) is 6.08 Å². The van der Waals surface area contributed by atoms with Crippen molar-refractivity contribution >= 4 is 61.1 Å². The Labute approximate surface area is 161 Å². The van der Waals surface area contributed by atoms with Crippen LogP contribution in [0.2, 0.25) is 5.02 Å². The van der Waals surface area contributed by atoms with E-state index in [-0.39, 0.29) is 11.3 Å². The molecule has 2 N–H and O–H groups in total. The number of nitriles is 1. The Hall–Kier alpha value is -1.81. The van der Waals surface area contributed by atoms with Crippen LogP contribution in [0.5, 0.6) is 5.75 Å². The Morgan fingerprint density at radius 3 is 2.67 bits per heavy atom. The van der Waals surface area contributed by atoms with E-state index in [1.54, 1.807) is 30.3 Å². The maximum atomic E-state index is 12.3. The molecule has 0 unspecified atom stereocenters. The molecule has 1 amide bonds. The molecular formula is C17H11Br2ClN2O2. The summed E-state index contributed by atoms with van der Waals surface area (Å²) >= 11 is 12.5. The standard InChI is InChI=1S/C17H11Br2ClN2O2/c1-9-2-3-13(7-15(9)20)22-17(24)11(8-21)4-10-5-12(18)6-14(19)16(10)23/h2-7,23H,1H3,(H,22,24)/b11-4+. The van der Waals surface area contributed by atoms with E-state index >= 15 is 0 Å². The number of rotatable bonds is 3. The van der Waals surface area contributed by atoms with Crippen LogP contribution < -0.4 is 5.32 Å². The summed E-state index contributed by atoms with van der Waals surface area (Å²) in [5.74, 6) is -0.648. The Bertz CT molecular complexity index is 889. The number of amides is 1. The van der Waals surface area contributed by atoms with Crippen LogP contribution in [0.1, 0.15) is 11.1 Å².